The molecule has 0 saturated carbocycles. The summed E-state index contributed by atoms with van der Waals surface area (Å²) in [5, 5.41) is 14.9. The molecule has 1 saturated heterocycles. The quantitative estimate of drug-likeness (QED) is 0.253. The molecule has 1 aromatic heterocycles. The van der Waals surface area contributed by atoms with Crippen LogP contribution < -0.4 is 15.5 Å². The second-order valence-corrected chi connectivity index (χ2v) is 10.4. The molecule has 2 heterocycles. The van der Waals surface area contributed by atoms with E-state index in [1.807, 2.05) is 4.90 Å². The first-order valence-electron chi connectivity index (χ1n) is 14.1. The van der Waals surface area contributed by atoms with E-state index in [-0.39, 0.29) is 22.7 Å². The van der Waals surface area contributed by atoms with Gasteiger partial charge in [-0.05, 0) is 66.2 Å². The number of carbonyl (C=O) groups excluding carboxylic acids is 3. The molecule has 5 rings (SSSR count). The highest BCUT2D eigenvalue weighted by Gasteiger charge is 2.26. The van der Waals surface area contributed by atoms with Gasteiger partial charge < -0.3 is 25.5 Å². The monoisotopic (exact) mass is 613 g/mol. The Morgan fingerprint density at radius 2 is 1.51 bits per heavy atom. The SMILES string of the molecule is O=C(O)CC(NC(=O)c1ccc(N2CCN(C(=O)c3cccnc3)CC2)c(NC(=O)c2cccc(F)c2)c1)c1ccc(F)cc1. The number of carbonyl (C=O) groups is 4. The third-order valence-corrected chi connectivity index (χ3v) is 7.37. The molecule has 1 fully saturated rings. The maximum absolute atomic E-state index is 13.9. The summed E-state index contributed by atoms with van der Waals surface area (Å²) in [6, 6.07) is 17.4. The molecule has 0 aliphatic carbocycles. The first-order valence-corrected chi connectivity index (χ1v) is 14.1. The summed E-state index contributed by atoms with van der Waals surface area (Å²) in [6.07, 6.45) is 2.66. The molecule has 3 N–H and O–H groups in total. The Balaban J connectivity index is 1.39. The van der Waals surface area contributed by atoms with E-state index in [2.05, 4.69) is 15.6 Å². The average Bonchev–Trinajstić information content (AvgIpc) is 3.04. The minimum atomic E-state index is -1.16. The number of carboxylic acids is 1. The van der Waals surface area contributed by atoms with Crippen LogP contribution in [0.3, 0.4) is 0 Å². The average molecular weight is 614 g/mol. The first-order chi connectivity index (χ1) is 21.7. The Labute approximate surface area is 257 Å². The van der Waals surface area contributed by atoms with Gasteiger partial charge in [0.15, 0.2) is 0 Å². The van der Waals surface area contributed by atoms with Gasteiger partial charge in [0, 0.05) is 49.7 Å². The lowest BCUT2D eigenvalue weighted by molar-refractivity contribution is -0.137. The number of piperazine rings is 1. The van der Waals surface area contributed by atoms with Gasteiger partial charge in [-0.1, -0.05) is 18.2 Å². The molecule has 4 aromatic rings. The third-order valence-electron chi connectivity index (χ3n) is 7.37. The molecular weight excluding hydrogens is 584 g/mol. The van der Waals surface area contributed by atoms with Crippen molar-refractivity contribution in [3.8, 4) is 0 Å². The molecule has 3 aromatic carbocycles. The van der Waals surface area contributed by atoms with E-state index in [1.165, 1.54) is 60.8 Å². The minimum absolute atomic E-state index is 0.0699. The number of aliphatic carboxylic acids is 1. The number of aromatic nitrogens is 1. The number of pyridine rings is 1. The van der Waals surface area contributed by atoms with E-state index in [0.29, 0.717) is 43.0 Å². The van der Waals surface area contributed by atoms with Crippen LogP contribution in [0.25, 0.3) is 0 Å². The molecule has 0 radical (unpaired) electrons. The van der Waals surface area contributed by atoms with Gasteiger partial charge in [-0.3, -0.25) is 24.2 Å². The van der Waals surface area contributed by atoms with Crippen molar-refractivity contribution in [3.05, 3.63) is 125 Å². The van der Waals surface area contributed by atoms with Gasteiger partial charge >= 0.3 is 5.97 Å². The fraction of sp³-hybridized carbons (Fsp3) is 0.182. The van der Waals surface area contributed by atoms with Crippen LogP contribution in [0.4, 0.5) is 20.2 Å². The van der Waals surface area contributed by atoms with Crippen LogP contribution in [0, 0.1) is 11.6 Å². The van der Waals surface area contributed by atoms with Crippen molar-refractivity contribution in [2.75, 3.05) is 36.4 Å². The Hall–Kier alpha value is -5.65. The van der Waals surface area contributed by atoms with Crippen molar-refractivity contribution in [3.63, 3.8) is 0 Å². The summed E-state index contributed by atoms with van der Waals surface area (Å²) < 4.78 is 27.3. The topological polar surface area (TPSA) is 132 Å². The van der Waals surface area contributed by atoms with Gasteiger partial charge in [0.25, 0.3) is 17.7 Å². The Morgan fingerprint density at radius 3 is 2.18 bits per heavy atom. The number of rotatable bonds is 9. The van der Waals surface area contributed by atoms with Crippen LogP contribution in [-0.4, -0.2) is 64.9 Å². The predicted octanol–water partition coefficient (Wildman–Crippen LogP) is 4.52. The lowest BCUT2D eigenvalue weighted by Gasteiger charge is -2.37. The van der Waals surface area contributed by atoms with Crippen molar-refractivity contribution in [1.82, 2.24) is 15.2 Å². The third kappa shape index (κ3) is 7.66. The second-order valence-electron chi connectivity index (χ2n) is 10.4. The zero-order chi connectivity index (χ0) is 31.9. The zero-order valence-corrected chi connectivity index (χ0v) is 24.0. The van der Waals surface area contributed by atoms with Crippen LogP contribution in [-0.2, 0) is 4.79 Å². The molecule has 3 amide bonds. The molecule has 230 valence electrons. The molecule has 1 aliphatic heterocycles. The van der Waals surface area contributed by atoms with Crippen molar-refractivity contribution in [1.29, 1.82) is 0 Å². The lowest BCUT2D eigenvalue weighted by atomic mass is 10.0. The summed E-state index contributed by atoms with van der Waals surface area (Å²) in [4.78, 5) is 58.6. The Kier molecular flexibility index (Phi) is 9.42. The normalized spacial score (nSPS) is 13.6. The van der Waals surface area contributed by atoms with E-state index < -0.39 is 41.9 Å². The van der Waals surface area contributed by atoms with E-state index in [0.717, 1.165) is 6.07 Å². The summed E-state index contributed by atoms with van der Waals surface area (Å²) in [6.45, 7) is 1.63. The van der Waals surface area contributed by atoms with E-state index >= 15 is 0 Å². The standard InChI is InChI=1S/C33H29F2N5O5/c34-25-9-6-21(7-10-25)27(19-30(41)42)37-32(44)23-8-11-29(28(18-23)38-31(43)22-3-1-5-26(35)17-22)39-13-15-40(16-14-39)33(45)24-4-2-12-36-20-24/h1-12,17-18,20,27H,13-16,19H2,(H,37,44)(H,38,43)(H,41,42). The van der Waals surface area contributed by atoms with Gasteiger partial charge in [-0.25, -0.2) is 8.78 Å². The van der Waals surface area contributed by atoms with Crippen LogP contribution in [0.1, 0.15) is 49.1 Å². The van der Waals surface area contributed by atoms with Crippen LogP contribution in [0.15, 0.2) is 91.3 Å². The van der Waals surface area contributed by atoms with Gasteiger partial charge in [0.05, 0.1) is 29.4 Å². The maximum atomic E-state index is 13.9. The largest absolute Gasteiger partial charge is 0.481 e. The Bertz CT molecular complexity index is 1710. The van der Waals surface area contributed by atoms with Crippen molar-refractivity contribution in [2.24, 2.45) is 0 Å². The van der Waals surface area contributed by atoms with Gasteiger partial charge in [0.2, 0.25) is 0 Å². The molecule has 1 atom stereocenters. The fourth-order valence-electron chi connectivity index (χ4n) is 5.06. The number of hydrogen-bond donors (Lipinski definition) is 3. The maximum Gasteiger partial charge on any atom is 0.305 e. The molecule has 10 nitrogen and oxygen atoms in total. The zero-order valence-electron chi connectivity index (χ0n) is 24.0. The van der Waals surface area contributed by atoms with Crippen LogP contribution >= 0.6 is 0 Å². The lowest BCUT2D eigenvalue weighted by Crippen LogP contribution is -2.49. The van der Waals surface area contributed by atoms with E-state index in [9.17, 15) is 33.1 Å². The minimum Gasteiger partial charge on any atom is -0.481 e. The summed E-state index contributed by atoms with van der Waals surface area (Å²) in [7, 11) is 0. The van der Waals surface area contributed by atoms with Crippen LogP contribution in [0.5, 0.6) is 0 Å². The molecule has 1 aliphatic rings. The number of nitrogens with one attached hydrogen (secondary N) is 2. The van der Waals surface area contributed by atoms with E-state index in [1.54, 1.807) is 29.3 Å². The van der Waals surface area contributed by atoms with Gasteiger partial charge in [0.1, 0.15) is 11.6 Å². The molecule has 1 unspecified atom stereocenters. The Morgan fingerprint density at radius 1 is 0.800 bits per heavy atom. The number of carboxylic acid groups (broad SMARTS) is 1. The number of halogens is 2. The highest BCUT2D eigenvalue weighted by molar-refractivity contribution is 6.07. The highest BCUT2D eigenvalue weighted by atomic mass is 19.1. The molecule has 45 heavy (non-hydrogen) atoms. The summed E-state index contributed by atoms with van der Waals surface area (Å²) >= 11 is 0. The van der Waals surface area contributed by atoms with Gasteiger partial charge in [-0.15, -0.1) is 0 Å². The number of amides is 3. The molecule has 12 heteroatoms. The predicted molar refractivity (Wildman–Crippen MR) is 162 cm³/mol. The first kappa shape index (κ1) is 30.8. The number of nitrogens with zero attached hydrogens (tertiary/aromatic N) is 3. The smallest absolute Gasteiger partial charge is 0.305 e. The van der Waals surface area contributed by atoms with Crippen molar-refractivity contribution < 1.29 is 33.1 Å². The van der Waals surface area contributed by atoms with Crippen molar-refractivity contribution in [2.45, 2.75) is 12.5 Å². The van der Waals surface area contributed by atoms with Gasteiger partial charge in [-0.2, -0.15) is 0 Å². The second kappa shape index (κ2) is 13.8. The van der Waals surface area contributed by atoms with Crippen LogP contribution in [0.2, 0.25) is 0 Å². The number of hydrogen-bond acceptors (Lipinski definition) is 6. The summed E-state index contributed by atoms with van der Waals surface area (Å²) in [5.74, 6) is -3.62. The van der Waals surface area contributed by atoms with E-state index in [4.69, 9.17) is 0 Å². The number of benzene rings is 3. The molecular formula is C33H29F2N5O5. The van der Waals surface area contributed by atoms with Crippen molar-refractivity contribution >= 4 is 35.1 Å². The number of anilines is 2. The highest BCUT2D eigenvalue weighted by Crippen LogP contribution is 2.30. The molecule has 0 spiro atoms. The molecule has 0 bridgehead atoms. The fourth-order valence-corrected chi connectivity index (χ4v) is 5.06. The summed E-state index contributed by atoms with van der Waals surface area (Å²) in [5.41, 5.74) is 1.91.